The van der Waals surface area contributed by atoms with Crippen LogP contribution in [0.1, 0.15) is 18.1 Å². The fourth-order valence-electron chi connectivity index (χ4n) is 1.70. The summed E-state index contributed by atoms with van der Waals surface area (Å²) in [6.07, 6.45) is 1.87. The van der Waals surface area contributed by atoms with Gasteiger partial charge in [0.1, 0.15) is 0 Å². The Morgan fingerprint density at radius 1 is 1.27 bits per heavy atom. The lowest BCUT2D eigenvalue weighted by Crippen LogP contribution is -2.33. The highest BCUT2D eigenvalue weighted by atomic mass is 28.4. The predicted octanol–water partition coefficient (Wildman–Crippen LogP) is 3.65. The molecule has 0 atom stereocenters. The third-order valence-electron chi connectivity index (χ3n) is 2.38. The maximum absolute atomic E-state index is 5.81. The Morgan fingerprint density at radius 3 is 2.33 bits per heavy atom. The van der Waals surface area contributed by atoms with Gasteiger partial charge in [-0.05, 0) is 37.2 Å². The van der Waals surface area contributed by atoms with E-state index in [0.717, 1.165) is 12.7 Å². The maximum Gasteiger partial charge on any atom is 0.190 e. The van der Waals surface area contributed by atoms with Gasteiger partial charge in [-0.2, -0.15) is 0 Å². The summed E-state index contributed by atoms with van der Waals surface area (Å²) in [5.41, 5.74) is 2.54. The van der Waals surface area contributed by atoms with Crippen molar-refractivity contribution >= 4 is 14.4 Å². The minimum atomic E-state index is -1.50. The van der Waals surface area contributed by atoms with Gasteiger partial charge in [0.25, 0.3) is 0 Å². The molecule has 0 fully saturated rings. The molecule has 0 aromatic heterocycles. The molecule has 1 aromatic rings. The summed E-state index contributed by atoms with van der Waals surface area (Å²) in [4.78, 5) is 0. The first kappa shape index (κ1) is 12.2. The van der Waals surface area contributed by atoms with Crippen LogP contribution >= 0.6 is 0 Å². The first-order valence-electron chi connectivity index (χ1n) is 5.43. The van der Waals surface area contributed by atoms with Crippen molar-refractivity contribution in [3.8, 4) is 0 Å². The quantitative estimate of drug-likeness (QED) is 0.688. The van der Waals surface area contributed by atoms with Gasteiger partial charge in [-0.15, -0.1) is 0 Å². The van der Waals surface area contributed by atoms with E-state index in [4.69, 9.17) is 4.43 Å². The van der Waals surface area contributed by atoms with E-state index in [2.05, 4.69) is 50.9 Å². The van der Waals surface area contributed by atoms with E-state index in [1.807, 2.05) is 6.08 Å². The Bertz CT molecular complexity index is 314. The lowest BCUT2D eigenvalue weighted by Gasteiger charge is -2.21. The topological polar surface area (TPSA) is 9.23 Å². The second kappa shape index (κ2) is 5.28. The van der Waals surface area contributed by atoms with E-state index in [-0.39, 0.29) is 0 Å². The lowest BCUT2D eigenvalue weighted by atomic mass is 10.1. The molecule has 0 saturated heterocycles. The highest BCUT2D eigenvalue weighted by Gasteiger charge is 2.21. The third kappa shape index (κ3) is 4.02. The van der Waals surface area contributed by atoms with Crippen LogP contribution < -0.4 is 0 Å². The highest BCUT2D eigenvalue weighted by Crippen LogP contribution is 2.14. The summed E-state index contributed by atoms with van der Waals surface area (Å²) < 4.78 is 5.81. The van der Waals surface area contributed by atoms with E-state index < -0.39 is 8.32 Å². The molecular formula is C13H20OSi. The van der Waals surface area contributed by atoms with Crippen molar-refractivity contribution in [1.29, 1.82) is 0 Å². The van der Waals surface area contributed by atoms with E-state index >= 15 is 0 Å². The first-order valence-corrected chi connectivity index (χ1v) is 8.54. The van der Waals surface area contributed by atoms with Crippen molar-refractivity contribution in [1.82, 2.24) is 0 Å². The van der Waals surface area contributed by atoms with Crippen LogP contribution in [0.2, 0.25) is 13.1 Å². The van der Waals surface area contributed by atoms with Crippen molar-refractivity contribution in [3.63, 3.8) is 0 Å². The molecule has 0 amide bonds. The molecule has 82 valence electrons. The zero-order valence-corrected chi connectivity index (χ0v) is 10.9. The largest absolute Gasteiger partial charge is 0.417 e. The van der Waals surface area contributed by atoms with Gasteiger partial charge in [-0.3, -0.25) is 0 Å². The summed E-state index contributed by atoms with van der Waals surface area (Å²) in [6, 6.07) is 9.64. The van der Waals surface area contributed by atoms with Crippen molar-refractivity contribution < 1.29 is 4.43 Å². The number of rotatable bonds is 5. The van der Waals surface area contributed by atoms with Gasteiger partial charge in [0, 0.05) is 6.61 Å². The van der Waals surface area contributed by atoms with Crippen LogP contribution in [-0.4, -0.2) is 14.9 Å². The smallest absolute Gasteiger partial charge is 0.190 e. The van der Waals surface area contributed by atoms with Crippen molar-refractivity contribution in [3.05, 3.63) is 42.0 Å². The number of hydrogen-bond acceptors (Lipinski definition) is 1. The van der Waals surface area contributed by atoms with Gasteiger partial charge < -0.3 is 4.43 Å². The fraction of sp³-hybridized carbons (Fsp3) is 0.385. The van der Waals surface area contributed by atoms with Crippen LogP contribution in [0.25, 0.3) is 6.08 Å². The summed E-state index contributed by atoms with van der Waals surface area (Å²) >= 11 is 0. The molecule has 15 heavy (non-hydrogen) atoms. The Balaban J connectivity index is 2.68. The number of benzene rings is 1. The van der Waals surface area contributed by atoms with Gasteiger partial charge >= 0.3 is 0 Å². The van der Waals surface area contributed by atoms with Crippen LogP contribution in [0.15, 0.2) is 30.8 Å². The second-order valence-corrected chi connectivity index (χ2v) is 8.48. The average Bonchev–Trinajstić information content (AvgIpc) is 2.18. The van der Waals surface area contributed by atoms with Gasteiger partial charge in [-0.1, -0.05) is 36.9 Å². The maximum atomic E-state index is 5.81. The molecular weight excluding hydrogens is 200 g/mol. The molecule has 0 aliphatic rings. The monoisotopic (exact) mass is 220 g/mol. The minimum Gasteiger partial charge on any atom is -0.417 e. The molecule has 1 nitrogen and oxygen atoms in total. The zero-order chi connectivity index (χ0) is 11.3. The number of hydrogen-bond donors (Lipinski definition) is 0. The van der Waals surface area contributed by atoms with Crippen molar-refractivity contribution in [2.75, 3.05) is 6.61 Å². The molecule has 1 rings (SSSR count). The molecule has 0 spiro atoms. The Hall–Kier alpha value is -0.863. The van der Waals surface area contributed by atoms with Crippen LogP contribution in [0.4, 0.5) is 0 Å². The Morgan fingerprint density at radius 2 is 1.87 bits per heavy atom. The SMILES string of the molecule is C=Cc1ccc(C[Si](C)(C)OCC)cc1. The Kier molecular flexibility index (Phi) is 4.30. The fourth-order valence-corrected chi connectivity index (χ4v) is 3.81. The lowest BCUT2D eigenvalue weighted by molar-refractivity contribution is 0.328. The summed E-state index contributed by atoms with van der Waals surface area (Å²) in [6.45, 7) is 11.2. The van der Waals surface area contributed by atoms with Crippen LogP contribution in [0, 0.1) is 0 Å². The van der Waals surface area contributed by atoms with Gasteiger partial charge in [0.05, 0.1) is 0 Å². The molecule has 0 aliphatic carbocycles. The first-order chi connectivity index (χ1) is 7.07. The average molecular weight is 220 g/mol. The van der Waals surface area contributed by atoms with Gasteiger partial charge in [0.15, 0.2) is 8.32 Å². The predicted molar refractivity (Wildman–Crippen MR) is 69.3 cm³/mol. The van der Waals surface area contributed by atoms with Gasteiger partial charge in [0.2, 0.25) is 0 Å². The molecule has 2 heteroatoms. The zero-order valence-electron chi connectivity index (χ0n) is 9.92. The van der Waals surface area contributed by atoms with E-state index in [1.54, 1.807) is 0 Å². The molecule has 0 saturated carbocycles. The van der Waals surface area contributed by atoms with Crippen molar-refractivity contribution in [2.24, 2.45) is 0 Å². The summed E-state index contributed by atoms with van der Waals surface area (Å²) in [7, 11) is -1.50. The Labute approximate surface area is 93.9 Å². The summed E-state index contributed by atoms with van der Waals surface area (Å²) in [5.74, 6) is 0. The van der Waals surface area contributed by atoms with E-state index in [9.17, 15) is 0 Å². The van der Waals surface area contributed by atoms with E-state index in [0.29, 0.717) is 0 Å². The second-order valence-electron chi connectivity index (χ2n) is 4.32. The molecule has 0 bridgehead atoms. The molecule has 0 aliphatic heterocycles. The van der Waals surface area contributed by atoms with Crippen molar-refractivity contribution in [2.45, 2.75) is 26.1 Å². The summed E-state index contributed by atoms with van der Waals surface area (Å²) in [5, 5.41) is 0. The van der Waals surface area contributed by atoms with Crippen LogP contribution in [-0.2, 0) is 10.5 Å². The normalized spacial score (nSPS) is 11.4. The minimum absolute atomic E-state index is 0.823. The van der Waals surface area contributed by atoms with Crippen LogP contribution in [0.5, 0.6) is 0 Å². The standard InChI is InChI=1S/C13H20OSi/c1-5-12-7-9-13(10-8-12)11-15(3,4)14-6-2/h5,7-10H,1,6,11H2,2-4H3. The molecule has 0 heterocycles. The highest BCUT2D eigenvalue weighted by molar-refractivity contribution is 6.70. The molecule has 0 radical (unpaired) electrons. The van der Waals surface area contributed by atoms with Gasteiger partial charge in [-0.25, -0.2) is 0 Å². The molecule has 0 N–H and O–H groups in total. The van der Waals surface area contributed by atoms with Crippen LogP contribution in [0.3, 0.4) is 0 Å². The molecule has 1 aromatic carbocycles. The van der Waals surface area contributed by atoms with E-state index in [1.165, 1.54) is 11.1 Å². The molecule has 0 unspecified atom stereocenters. The third-order valence-corrected chi connectivity index (χ3v) is 4.71.